The van der Waals surface area contributed by atoms with Crippen LogP contribution in [0.15, 0.2) is 12.3 Å². The van der Waals surface area contributed by atoms with E-state index in [0.717, 1.165) is 32.1 Å². The number of aromatic nitrogens is 2. The van der Waals surface area contributed by atoms with Crippen LogP contribution < -0.4 is 10.1 Å². The smallest absolute Gasteiger partial charge is 0.226 e. The lowest BCUT2D eigenvalue weighted by Gasteiger charge is -2.25. The fourth-order valence-corrected chi connectivity index (χ4v) is 2.33. The number of anilines is 1. The van der Waals surface area contributed by atoms with Gasteiger partial charge in [0.1, 0.15) is 0 Å². The normalized spacial score (nSPS) is 23.7. The van der Waals surface area contributed by atoms with Crippen molar-refractivity contribution in [3.8, 4) is 5.88 Å². The van der Waals surface area contributed by atoms with E-state index in [4.69, 9.17) is 16.3 Å². The Labute approximate surface area is 113 Å². The van der Waals surface area contributed by atoms with Crippen LogP contribution in [0.4, 0.5) is 5.95 Å². The summed E-state index contributed by atoms with van der Waals surface area (Å²) in [6, 6.07) is 2.22. The van der Waals surface area contributed by atoms with Gasteiger partial charge in [0.05, 0.1) is 6.61 Å². The second kappa shape index (κ2) is 6.78. The molecule has 100 valence electrons. The Balaban J connectivity index is 1.88. The van der Waals surface area contributed by atoms with Crippen LogP contribution in [0.5, 0.6) is 5.88 Å². The summed E-state index contributed by atoms with van der Waals surface area (Å²) in [4.78, 5) is 8.57. The van der Waals surface area contributed by atoms with Crippen LogP contribution in [0.1, 0.15) is 39.0 Å². The molecule has 0 amide bonds. The Hall–Kier alpha value is -1.03. The quantitative estimate of drug-likeness (QED) is 0.834. The highest BCUT2D eigenvalue weighted by atomic mass is 35.5. The highest BCUT2D eigenvalue weighted by Gasteiger charge is 2.19. The minimum atomic E-state index is 0.336. The van der Waals surface area contributed by atoms with Crippen LogP contribution in [0.25, 0.3) is 0 Å². The molecule has 1 aromatic rings. The van der Waals surface area contributed by atoms with Gasteiger partial charge in [-0.3, -0.25) is 0 Å². The van der Waals surface area contributed by atoms with E-state index in [1.54, 1.807) is 12.3 Å². The van der Waals surface area contributed by atoms with E-state index in [-0.39, 0.29) is 0 Å². The average molecular weight is 270 g/mol. The van der Waals surface area contributed by atoms with Gasteiger partial charge in [-0.2, -0.15) is 4.98 Å². The number of nitrogens with one attached hydrogen (secondary N) is 1. The predicted octanol–water partition coefficient (Wildman–Crippen LogP) is 3.23. The highest BCUT2D eigenvalue weighted by molar-refractivity contribution is 6.20. The van der Waals surface area contributed by atoms with E-state index in [9.17, 15) is 0 Å². The SMILES string of the molecule is CCCOc1ccnc(NC2CCC(Cl)CC2)n1. The van der Waals surface area contributed by atoms with E-state index in [2.05, 4.69) is 22.2 Å². The molecule has 1 aliphatic rings. The molecule has 1 heterocycles. The highest BCUT2D eigenvalue weighted by Crippen LogP contribution is 2.24. The molecule has 1 N–H and O–H groups in total. The standard InChI is InChI=1S/C13H20ClN3O/c1-2-9-18-12-7-8-15-13(17-12)16-11-5-3-10(14)4-6-11/h7-8,10-11H,2-6,9H2,1H3,(H,15,16,17). The van der Waals surface area contributed by atoms with E-state index >= 15 is 0 Å². The Morgan fingerprint density at radius 1 is 1.39 bits per heavy atom. The molecule has 0 spiro atoms. The lowest BCUT2D eigenvalue weighted by Crippen LogP contribution is -2.27. The topological polar surface area (TPSA) is 47.0 Å². The maximum atomic E-state index is 6.09. The molecule has 0 unspecified atom stereocenters. The number of hydrogen-bond acceptors (Lipinski definition) is 4. The summed E-state index contributed by atoms with van der Waals surface area (Å²) in [7, 11) is 0. The monoisotopic (exact) mass is 269 g/mol. The fourth-order valence-electron chi connectivity index (χ4n) is 2.08. The molecule has 0 aliphatic heterocycles. The molecular weight excluding hydrogens is 250 g/mol. The van der Waals surface area contributed by atoms with Gasteiger partial charge >= 0.3 is 0 Å². The first-order chi connectivity index (χ1) is 8.78. The maximum absolute atomic E-state index is 6.09. The summed E-state index contributed by atoms with van der Waals surface area (Å²) in [5.41, 5.74) is 0. The van der Waals surface area contributed by atoms with Gasteiger partial charge in [-0.25, -0.2) is 4.98 Å². The van der Waals surface area contributed by atoms with Gasteiger partial charge in [-0.15, -0.1) is 11.6 Å². The van der Waals surface area contributed by atoms with Crippen molar-refractivity contribution in [3.63, 3.8) is 0 Å². The molecule has 2 rings (SSSR count). The number of rotatable bonds is 5. The lowest BCUT2D eigenvalue weighted by molar-refractivity contribution is 0.305. The molecule has 1 saturated carbocycles. The molecule has 1 aromatic heterocycles. The largest absolute Gasteiger partial charge is 0.478 e. The van der Waals surface area contributed by atoms with Gasteiger partial charge in [0, 0.05) is 23.7 Å². The van der Waals surface area contributed by atoms with E-state index in [0.29, 0.717) is 29.9 Å². The van der Waals surface area contributed by atoms with Gasteiger partial charge in [-0.05, 0) is 32.1 Å². The van der Waals surface area contributed by atoms with Crippen molar-refractivity contribution >= 4 is 17.5 Å². The molecule has 18 heavy (non-hydrogen) atoms. The van der Waals surface area contributed by atoms with Crippen LogP contribution in [-0.2, 0) is 0 Å². The van der Waals surface area contributed by atoms with Gasteiger partial charge in [0.15, 0.2) is 0 Å². The van der Waals surface area contributed by atoms with Crippen molar-refractivity contribution in [1.29, 1.82) is 0 Å². The summed E-state index contributed by atoms with van der Waals surface area (Å²) in [6.45, 7) is 2.76. The van der Waals surface area contributed by atoms with Crippen molar-refractivity contribution in [2.24, 2.45) is 0 Å². The van der Waals surface area contributed by atoms with Crippen molar-refractivity contribution in [2.45, 2.75) is 50.4 Å². The van der Waals surface area contributed by atoms with Gasteiger partial charge < -0.3 is 10.1 Å². The Morgan fingerprint density at radius 3 is 2.89 bits per heavy atom. The molecule has 0 atom stereocenters. The van der Waals surface area contributed by atoms with E-state index in [1.165, 1.54) is 0 Å². The molecule has 5 heteroatoms. The van der Waals surface area contributed by atoms with Gasteiger partial charge in [0.2, 0.25) is 11.8 Å². The summed E-state index contributed by atoms with van der Waals surface area (Å²) >= 11 is 6.09. The third-order valence-electron chi connectivity index (χ3n) is 3.07. The summed E-state index contributed by atoms with van der Waals surface area (Å²) in [5.74, 6) is 1.29. The van der Waals surface area contributed by atoms with Crippen molar-refractivity contribution in [3.05, 3.63) is 12.3 Å². The van der Waals surface area contributed by atoms with Crippen LogP contribution in [0.3, 0.4) is 0 Å². The van der Waals surface area contributed by atoms with E-state index < -0.39 is 0 Å². The number of nitrogens with zero attached hydrogens (tertiary/aromatic N) is 2. The second-order valence-corrected chi connectivity index (χ2v) is 5.28. The predicted molar refractivity (Wildman–Crippen MR) is 73.3 cm³/mol. The second-order valence-electron chi connectivity index (χ2n) is 4.66. The summed E-state index contributed by atoms with van der Waals surface area (Å²) in [5, 5.41) is 3.69. The minimum Gasteiger partial charge on any atom is -0.478 e. The molecule has 1 fully saturated rings. The molecule has 1 aliphatic carbocycles. The van der Waals surface area contributed by atoms with Crippen LogP contribution in [0, 0.1) is 0 Å². The molecule has 0 radical (unpaired) electrons. The van der Waals surface area contributed by atoms with Crippen molar-refractivity contribution in [2.75, 3.05) is 11.9 Å². The molecular formula is C13H20ClN3O. The van der Waals surface area contributed by atoms with E-state index in [1.807, 2.05) is 0 Å². The van der Waals surface area contributed by atoms with Crippen molar-refractivity contribution < 1.29 is 4.74 Å². The lowest BCUT2D eigenvalue weighted by atomic mass is 9.95. The molecule has 0 aromatic carbocycles. The number of alkyl halides is 1. The Morgan fingerprint density at radius 2 is 2.17 bits per heavy atom. The van der Waals surface area contributed by atoms with Crippen LogP contribution in [0.2, 0.25) is 0 Å². The van der Waals surface area contributed by atoms with Crippen LogP contribution in [-0.4, -0.2) is 28.0 Å². The van der Waals surface area contributed by atoms with Gasteiger partial charge in [-0.1, -0.05) is 6.92 Å². The number of halogens is 1. The third kappa shape index (κ3) is 4.02. The number of ether oxygens (including phenoxy) is 1. The maximum Gasteiger partial charge on any atom is 0.226 e. The Kier molecular flexibility index (Phi) is 5.05. The minimum absolute atomic E-state index is 0.336. The van der Waals surface area contributed by atoms with Gasteiger partial charge in [0.25, 0.3) is 0 Å². The zero-order valence-corrected chi connectivity index (χ0v) is 11.5. The molecule has 4 nitrogen and oxygen atoms in total. The number of hydrogen-bond donors (Lipinski definition) is 1. The molecule has 0 bridgehead atoms. The molecule has 0 saturated heterocycles. The zero-order valence-electron chi connectivity index (χ0n) is 10.7. The zero-order chi connectivity index (χ0) is 12.8. The Bertz CT molecular complexity index is 367. The summed E-state index contributed by atoms with van der Waals surface area (Å²) < 4.78 is 5.49. The van der Waals surface area contributed by atoms with Crippen molar-refractivity contribution in [1.82, 2.24) is 9.97 Å². The summed E-state index contributed by atoms with van der Waals surface area (Å²) in [6.07, 6.45) is 6.99. The first-order valence-corrected chi connectivity index (χ1v) is 7.08. The van der Waals surface area contributed by atoms with Crippen LogP contribution >= 0.6 is 11.6 Å². The average Bonchev–Trinajstić information content (AvgIpc) is 2.40. The fraction of sp³-hybridized carbons (Fsp3) is 0.692. The first-order valence-electron chi connectivity index (χ1n) is 6.64. The first kappa shape index (κ1) is 13.4. The third-order valence-corrected chi connectivity index (χ3v) is 3.51.